The van der Waals surface area contributed by atoms with Gasteiger partial charge in [-0.15, -0.1) is 0 Å². The number of benzene rings is 1. The van der Waals surface area contributed by atoms with Crippen molar-refractivity contribution in [2.75, 3.05) is 0 Å². The van der Waals surface area contributed by atoms with Gasteiger partial charge in [-0.05, 0) is 6.07 Å². The van der Waals surface area contributed by atoms with Gasteiger partial charge < -0.3 is 0 Å². The van der Waals surface area contributed by atoms with Crippen LogP contribution in [0, 0.1) is 10.1 Å². The Bertz CT molecular complexity index is 311. The SMILES string of the molecule is O=[N+]([O-])c1cccc2c1S2. The summed E-state index contributed by atoms with van der Waals surface area (Å²) in [6.07, 6.45) is 0. The molecule has 0 aromatic heterocycles. The van der Waals surface area contributed by atoms with Gasteiger partial charge in [-0.2, -0.15) is 0 Å². The Kier molecular flexibility index (Phi) is 0.990. The van der Waals surface area contributed by atoms with Gasteiger partial charge in [0.1, 0.15) is 4.90 Å². The molecule has 10 heavy (non-hydrogen) atoms. The summed E-state index contributed by atoms with van der Waals surface area (Å²) in [6.45, 7) is 0. The number of rotatable bonds is 1. The zero-order chi connectivity index (χ0) is 7.14. The van der Waals surface area contributed by atoms with E-state index >= 15 is 0 Å². The van der Waals surface area contributed by atoms with Crippen LogP contribution >= 0.6 is 11.8 Å². The van der Waals surface area contributed by atoms with Crippen molar-refractivity contribution in [2.45, 2.75) is 9.79 Å². The van der Waals surface area contributed by atoms with Crippen LogP contribution < -0.4 is 0 Å². The van der Waals surface area contributed by atoms with Gasteiger partial charge in [-0.3, -0.25) is 10.1 Å². The standard InChI is InChI=1S/C6H3NO2S/c8-7(9)4-2-1-3-5-6(4)10-5/h1-3H. The van der Waals surface area contributed by atoms with Gasteiger partial charge in [0.2, 0.25) is 0 Å². The van der Waals surface area contributed by atoms with E-state index in [4.69, 9.17) is 0 Å². The summed E-state index contributed by atoms with van der Waals surface area (Å²) in [5.74, 6) is 0. The van der Waals surface area contributed by atoms with Gasteiger partial charge >= 0.3 is 0 Å². The first-order chi connectivity index (χ1) is 4.79. The average Bonchev–Trinajstić information content (AvgIpc) is 2.63. The molecule has 0 N–H and O–H groups in total. The highest BCUT2D eigenvalue weighted by molar-refractivity contribution is 8.05. The molecule has 0 spiro atoms. The van der Waals surface area contributed by atoms with E-state index < -0.39 is 0 Å². The van der Waals surface area contributed by atoms with E-state index in [-0.39, 0.29) is 10.6 Å². The molecule has 0 fully saturated rings. The summed E-state index contributed by atoms with van der Waals surface area (Å²) in [6, 6.07) is 5.11. The second-order valence-corrected chi connectivity index (χ2v) is 3.02. The Morgan fingerprint density at radius 3 is 2.90 bits per heavy atom. The molecule has 1 heterocycles. The van der Waals surface area contributed by atoms with Crippen molar-refractivity contribution in [3.05, 3.63) is 28.3 Å². The molecule has 0 saturated carbocycles. The first-order valence-electron chi connectivity index (χ1n) is 2.74. The summed E-state index contributed by atoms with van der Waals surface area (Å²) in [4.78, 5) is 11.8. The van der Waals surface area contributed by atoms with Crippen LogP contribution in [0.15, 0.2) is 28.0 Å². The third-order valence-corrected chi connectivity index (χ3v) is 2.31. The quantitative estimate of drug-likeness (QED) is 0.358. The van der Waals surface area contributed by atoms with Crippen LogP contribution in [0.1, 0.15) is 0 Å². The van der Waals surface area contributed by atoms with Gasteiger partial charge in [0, 0.05) is 11.0 Å². The van der Waals surface area contributed by atoms with E-state index in [1.165, 1.54) is 17.8 Å². The second-order valence-electron chi connectivity index (χ2n) is 1.96. The highest BCUT2D eigenvalue weighted by Crippen LogP contribution is 2.53. The zero-order valence-corrected chi connectivity index (χ0v) is 5.72. The Hall–Kier alpha value is -1.03. The maximum absolute atomic E-state index is 10.2. The molecule has 50 valence electrons. The minimum absolute atomic E-state index is 0.238. The maximum Gasteiger partial charge on any atom is 0.284 e. The summed E-state index contributed by atoms with van der Waals surface area (Å²) in [7, 11) is 0. The minimum atomic E-state index is -0.348. The second kappa shape index (κ2) is 1.73. The van der Waals surface area contributed by atoms with E-state index in [1.807, 2.05) is 6.07 Å². The molecule has 1 aromatic carbocycles. The summed E-state index contributed by atoms with van der Waals surface area (Å²) >= 11 is 1.47. The van der Waals surface area contributed by atoms with Crippen molar-refractivity contribution < 1.29 is 4.92 Å². The van der Waals surface area contributed by atoms with Crippen LogP contribution in [0.3, 0.4) is 0 Å². The summed E-state index contributed by atoms with van der Waals surface area (Å²) < 4.78 is 0. The number of hydrogen-bond acceptors (Lipinski definition) is 3. The third kappa shape index (κ3) is 0.690. The van der Waals surface area contributed by atoms with Gasteiger partial charge in [0.25, 0.3) is 5.69 Å². The average molecular weight is 153 g/mol. The molecule has 3 nitrogen and oxygen atoms in total. The lowest BCUT2D eigenvalue weighted by Crippen LogP contribution is -1.85. The minimum Gasteiger partial charge on any atom is -0.258 e. The molecule has 0 unspecified atom stereocenters. The largest absolute Gasteiger partial charge is 0.284 e. The molecular weight excluding hydrogens is 150 g/mol. The van der Waals surface area contributed by atoms with E-state index in [2.05, 4.69) is 0 Å². The molecule has 0 radical (unpaired) electrons. The Labute approximate surface area is 61.2 Å². The number of hydrogen-bond donors (Lipinski definition) is 0. The molecule has 0 aliphatic carbocycles. The van der Waals surface area contributed by atoms with Crippen molar-refractivity contribution in [2.24, 2.45) is 0 Å². The topological polar surface area (TPSA) is 43.1 Å². The molecule has 2 rings (SSSR count). The van der Waals surface area contributed by atoms with Gasteiger partial charge in [0.15, 0.2) is 0 Å². The Balaban J connectivity index is 2.56. The highest BCUT2D eigenvalue weighted by atomic mass is 32.2. The molecule has 1 aromatic rings. The lowest BCUT2D eigenvalue weighted by molar-refractivity contribution is -0.387. The number of nitro groups is 1. The molecule has 1 aliphatic heterocycles. The fraction of sp³-hybridized carbons (Fsp3) is 0. The van der Waals surface area contributed by atoms with E-state index in [0.717, 1.165) is 9.79 Å². The Morgan fingerprint density at radius 1 is 1.50 bits per heavy atom. The number of nitro benzene ring substituents is 1. The lowest BCUT2D eigenvalue weighted by atomic mass is 10.3. The fourth-order valence-electron chi connectivity index (χ4n) is 0.819. The molecule has 0 saturated heterocycles. The normalized spacial score (nSPS) is 12.4. The lowest BCUT2D eigenvalue weighted by Gasteiger charge is -1.84. The molecule has 4 heteroatoms. The van der Waals surface area contributed by atoms with Crippen molar-refractivity contribution in [1.29, 1.82) is 0 Å². The molecular formula is C6H3NO2S. The molecule has 1 aliphatic rings. The van der Waals surface area contributed by atoms with E-state index in [1.54, 1.807) is 6.07 Å². The predicted octanol–water partition coefficient (Wildman–Crippen LogP) is 2.06. The maximum atomic E-state index is 10.2. The van der Waals surface area contributed by atoms with Crippen molar-refractivity contribution in [1.82, 2.24) is 0 Å². The smallest absolute Gasteiger partial charge is 0.258 e. The molecule has 0 bridgehead atoms. The Morgan fingerprint density at radius 2 is 2.30 bits per heavy atom. The van der Waals surface area contributed by atoms with Crippen LogP contribution in [0.2, 0.25) is 0 Å². The predicted molar refractivity (Wildman–Crippen MR) is 37.2 cm³/mol. The van der Waals surface area contributed by atoms with Crippen LogP contribution in [-0.2, 0) is 0 Å². The van der Waals surface area contributed by atoms with Crippen molar-refractivity contribution in [3.8, 4) is 0 Å². The van der Waals surface area contributed by atoms with Crippen LogP contribution in [0.4, 0.5) is 5.69 Å². The monoisotopic (exact) mass is 153 g/mol. The first-order valence-corrected chi connectivity index (χ1v) is 3.56. The fourth-order valence-corrected chi connectivity index (χ4v) is 1.55. The summed E-state index contributed by atoms with van der Waals surface area (Å²) in [5.41, 5.74) is 0.238. The number of fused-ring (bicyclic) bond motifs is 1. The highest BCUT2D eigenvalue weighted by Gasteiger charge is 2.28. The summed E-state index contributed by atoms with van der Waals surface area (Å²) in [5, 5.41) is 10.2. The first kappa shape index (κ1) is 5.73. The van der Waals surface area contributed by atoms with Crippen molar-refractivity contribution >= 4 is 17.4 Å². The van der Waals surface area contributed by atoms with Crippen LogP contribution in [0.5, 0.6) is 0 Å². The van der Waals surface area contributed by atoms with E-state index in [0.29, 0.717) is 0 Å². The van der Waals surface area contributed by atoms with Gasteiger partial charge in [-0.25, -0.2) is 0 Å². The van der Waals surface area contributed by atoms with Crippen LogP contribution in [-0.4, -0.2) is 4.92 Å². The van der Waals surface area contributed by atoms with E-state index in [9.17, 15) is 10.1 Å². The number of nitrogens with zero attached hydrogens (tertiary/aromatic N) is 1. The van der Waals surface area contributed by atoms with Gasteiger partial charge in [0.05, 0.1) is 4.92 Å². The third-order valence-electron chi connectivity index (χ3n) is 1.33. The molecule has 0 atom stereocenters. The van der Waals surface area contributed by atoms with Gasteiger partial charge in [-0.1, -0.05) is 17.8 Å². The molecule has 0 amide bonds. The van der Waals surface area contributed by atoms with Crippen LogP contribution in [0.25, 0.3) is 0 Å². The zero-order valence-electron chi connectivity index (χ0n) is 4.90. The van der Waals surface area contributed by atoms with Crippen molar-refractivity contribution in [3.63, 3.8) is 0 Å².